The maximum Gasteiger partial charge on any atom is 0.0692 e. The van der Waals surface area contributed by atoms with Crippen LogP contribution in [-0.2, 0) is 13.1 Å². The second-order valence-corrected chi connectivity index (χ2v) is 4.42. The Bertz CT molecular complexity index is 470. The lowest BCUT2D eigenvalue weighted by molar-refractivity contribution is 0.540. The minimum Gasteiger partial charge on any atom is -0.311 e. The SMILES string of the molecule is Clc1ccc(Cl)c(CNCCn2ccnn2)c1. The summed E-state index contributed by atoms with van der Waals surface area (Å²) in [5.41, 5.74) is 0.998. The molecule has 0 atom stereocenters. The van der Waals surface area contributed by atoms with Crippen molar-refractivity contribution in [3.8, 4) is 0 Å². The van der Waals surface area contributed by atoms with Crippen LogP contribution in [0.5, 0.6) is 0 Å². The van der Waals surface area contributed by atoms with Gasteiger partial charge in [-0.3, -0.25) is 4.68 Å². The summed E-state index contributed by atoms with van der Waals surface area (Å²) >= 11 is 12.0. The average molecular weight is 271 g/mol. The number of nitrogens with one attached hydrogen (secondary N) is 1. The standard InChI is InChI=1S/C11H12Cl2N4/c12-10-1-2-11(13)9(7-10)8-14-3-5-17-6-4-15-16-17/h1-2,4,6-7,14H,3,5,8H2. The summed E-state index contributed by atoms with van der Waals surface area (Å²) in [7, 11) is 0. The van der Waals surface area contributed by atoms with Crippen LogP contribution >= 0.6 is 23.2 Å². The molecular weight excluding hydrogens is 259 g/mol. The van der Waals surface area contributed by atoms with Crippen molar-refractivity contribution in [3.05, 3.63) is 46.2 Å². The molecule has 1 aromatic carbocycles. The number of aromatic nitrogens is 3. The van der Waals surface area contributed by atoms with Gasteiger partial charge in [0.05, 0.1) is 12.7 Å². The molecule has 1 heterocycles. The van der Waals surface area contributed by atoms with Crippen LogP contribution in [0, 0.1) is 0 Å². The van der Waals surface area contributed by atoms with Gasteiger partial charge in [0.2, 0.25) is 0 Å². The van der Waals surface area contributed by atoms with E-state index in [4.69, 9.17) is 23.2 Å². The monoisotopic (exact) mass is 270 g/mol. The predicted octanol–water partition coefficient (Wildman–Crippen LogP) is 2.37. The van der Waals surface area contributed by atoms with Crippen molar-refractivity contribution in [2.75, 3.05) is 6.54 Å². The Balaban J connectivity index is 1.80. The molecule has 0 aliphatic rings. The van der Waals surface area contributed by atoms with E-state index in [0.717, 1.165) is 23.7 Å². The van der Waals surface area contributed by atoms with Crippen molar-refractivity contribution >= 4 is 23.2 Å². The molecule has 0 aliphatic carbocycles. The predicted molar refractivity (Wildman–Crippen MR) is 68.2 cm³/mol. The van der Waals surface area contributed by atoms with Gasteiger partial charge in [0.1, 0.15) is 0 Å². The molecular formula is C11H12Cl2N4. The molecule has 0 radical (unpaired) electrons. The molecule has 0 aliphatic heterocycles. The van der Waals surface area contributed by atoms with Crippen molar-refractivity contribution in [2.24, 2.45) is 0 Å². The molecule has 2 aromatic rings. The highest BCUT2D eigenvalue weighted by Crippen LogP contribution is 2.20. The van der Waals surface area contributed by atoms with Crippen molar-refractivity contribution in [3.63, 3.8) is 0 Å². The molecule has 1 aromatic heterocycles. The number of nitrogens with zero attached hydrogens (tertiary/aromatic N) is 3. The summed E-state index contributed by atoms with van der Waals surface area (Å²) in [6.07, 6.45) is 3.49. The Hall–Kier alpha value is -1.10. The van der Waals surface area contributed by atoms with Crippen molar-refractivity contribution in [1.29, 1.82) is 0 Å². The zero-order valence-electron chi connectivity index (χ0n) is 9.11. The first-order chi connectivity index (χ1) is 8.25. The third-order valence-corrected chi connectivity index (χ3v) is 2.92. The maximum atomic E-state index is 6.05. The molecule has 2 rings (SSSR count). The van der Waals surface area contributed by atoms with E-state index in [2.05, 4.69) is 15.6 Å². The first-order valence-electron chi connectivity index (χ1n) is 5.24. The number of hydrogen-bond acceptors (Lipinski definition) is 3. The number of rotatable bonds is 5. The van der Waals surface area contributed by atoms with Gasteiger partial charge in [-0.05, 0) is 23.8 Å². The minimum absolute atomic E-state index is 0.689. The van der Waals surface area contributed by atoms with Gasteiger partial charge in [-0.1, -0.05) is 28.4 Å². The third kappa shape index (κ3) is 3.70. The highest BCUT2D eigenvalue weighted by Gasteiger charge is 2.00. The van der Waals surface area contributed by atoms with E-state index in [1.165, 1.54) is 0 Å². The molecule has 0 amide bonds. The molecule has 0 spiro atoms. The molecule has 6 heteroatoms. The van der Waals surface area contributed by atoms with Crippen LogP contribution in [0.3, 0.4) is 0 Å². The molecule has 4 nitrogen and oxygen atoms in total. The van der Waals surface area contributed by atoms with E-state index in [0.29, 0.717) is 11.6 Å². The second kappa shape index (κ2) is 6.00. The summed E-state index contributed by atoms with van der Waals surface area (Å²) in [4.78, 5) is 0. The van der Waals surface area contributed by atoms with Crippen LogP contribution in [-0.4, -0.2) is 21.5 Å². The molecule has 0 unspecified atom stereocenters. The quantitative estimate of drug-likeness (QED) is 0.849. The Kier molecular flexibility index (Phi) is 4.36. The smallest absolute Gasteiger partial charge is 0.0692 e. The summed E-state index contributed by atoms with van der Waals surface area (Å²) in [5.74, 6) is 0. The van der Waals surface area contributed by atoms with Crippen LogP contribution in [0.15, 0.2) is 30.6 Å². The number of halogens is 2. The lowest BCUT2D eigenvalue weighted by Crippen LogP contribution is -2.20. The van der Waals surface area contributed by atoms with Crippen molar-refractivity contribution in [1.82, 2.24) is 20.3 Å². The van der Waals surface area contributed by atoms with Crippen LogP contribution in [0.4, 0.5) is 0 Å². The molecule has 17 heavy (non-hydrogen) atoms. The topological polar surface area (TPSA) is 42.7 Å². The fraction of sp³-hybridized carbons (Fsp3) is 0.273. The van der Waals surface area contributed by atoms with E-state index in [1.54, 1.807) is 23.0 Å². The zero-order chi connectivity index (χ0) is 12.1. The molecule has 90 valence electrons. The Morgan fingerprint density at radius 2 is 2.18 bits per heavy atom. The minimum atomic E-state index is 0.689. The molecule has 0 saturated heterocycles. The molecule has 0 saturated carbocycles. The molecule has 0 bridgehead atoms. The van der Waals surface area contributed by atoms with E-state index >= 15 is 0 Å². The number of benzene rings is 1. The zero-order valence-corrected chi connectivity index (χ0v) is 10.6. The van der Waals surface area contributed by atoms with Gasteiger partial charge in [0, 0.05) is 29.3 Å². The van der Waals surface area contributed by atoms with Gasteiger partial charge in [-0.15, -0.1) is 5.10 Å². The van der Waals surface area contributed by atoms with Gasteiger partial charge in [-0.25, -0.2) is 0 Å². The van der Waals surface area contributed by atoms with Gasteiger partial charge in [0.25, 0.3) is 0 Å². The van der Waals surface area contributed by atoms with Crippen LogP contribution < -0.4 is 5.32 Å². The molecule has 1 N–H and O–H groups in total. The Morgan fingerprint density at radius 1 is 1.29 bits per heavy atom. The van der Waals surface area contributed by atoms with Gasteiger partial charge in [-0.2, -0.15) is 0 Å². The number of hydrogen-bond donors (Lipinski definition) is 1. The Labute approximate surface area is 110 Å². The van der Waals surface area contributed by atoms with E-state index in [1.807, 2.05) is 12.3 Å². The van der Waals surface area contributed by atoms with Gasteiger partial charge >= 0.3 is 0 Å². The summed E-state index contributed by atoms with van der Waals surface area (Å²) in [6, 6.07) is 5.45. The Morgan fingerprint density at radius 3 is 2.94 bits per heavy atom. The molecule has 0 fully saturated rings. The third-order valence-electron chi connectivity index (χ3n) is 2.31. The summed E-state index contributed by atoms with van der Waals surface area (Å²) < 4.78 is 1.77. The average Bonchev–Trinajstić information content (AvgIpc) is 2.82. The highest BCUT2D eigenvalue weighted by atomic mass is 35.5. The van der Waals surface area contributed by atoms with Crippen LogP contribution in [0.25, 0.3) is 0 Å². The fourth-order valence-electron chi connectivity index (χ4n) is 1.45. The van der Waals surface area contributed by atoms with Crippen molar-refractivity contribution < 1.29 is 0 Å². The van der Waals surface area contributed by atoms with Crippen molar-refractivity contribution in [2.45, 2.75) is 13.1 Å². The van der Waals surface area contributed by atoms with E-state index in [9.17, 15) is 0 Å². The van der Waals surface area contributed by atoms with Gasteiger partial charge < -0.3 is 5.32 Å². The first-order valence-corrected chi connectivity index (χ1v) is 6.00. The summed E-state index contributed by atoms with van der Waals surface area (Å²) in [5, 5.41) is 12.3. The summed E-state index contributed by atoms with van der Waals surface area (Å²) in [6.45, 7) is 2.26. The fourth-order valence-corrected chi connectivity index (χ4v) is 1.83. The lowest BCUT2D eigenvalue weighted by atomic mass is 10.2. The normalized spacial score (nSPS) is 10.7. The van der Waals surface area contributed by atoms with Gasteiger partial charge in [0.15, 0.2) is 0 Å². The van der Waals surface area contributed by atoms with Crippen LogP contribution in [0.1, 0.15) is 5.56 Å². The highest BCUT2D eigenvalue weighted by molar-refractivity contribution is 6.33. The van der Waals surface area contributed by atoms with Crippen LogP contribution in [0.2, 0.25) is 10.0 Å². The van der Waals surface area contributed by atoms with E-state index < -0.39 is 0 Å². The second-order valence-electron chi connectivity index (χ2n) is 3.58. The largest absolute Gasteiger partial charge is 0.311 e. The maximum absolute atomic E-state index is 6.05. The lowest BCUT2D eigenvalue weighted by Gasteiger charge is -2.07. The first kappa shape index (κ1) is 12.4. The van der Waals surface area contributed by atoms with E-state index in [-0.39, 0.29) is 0 Å².